The zero-order valence-electron chi connectivity index (χ0n) is 10.5. The highest BCUT2D eigenvalue weighted by atomic mass is 16.5. The van der Waals surface area contributed by atoms with Gasteiger partial charge in [0.25, 0.3) is 0 Å². The summed E-state index contributed by atoms with van der Waals surface area (Å²) in [4.78, 5) is 28.0. The van der Waals surface area contributed by atoms with E-state index in [4.69, 9.17) is 4.74 Å². The summed E-state index contributed by atoms with van der Waals surface area (Å²) in [5.74, 6) is -0.820. The fourth-order valence-corrected chi connectivity index (χ4v) is 1.70. The molecule has 19 heavy (non-hydrogen) atoms. The van der Waals surface area contributed by atoms with Gasteiger partial charge in [0.15, 0.2) is 11.5 Å². The van der Waals surface area contributed by atoms with Gasteiger partial charge in [-0.3, -0.25) is 4.79 Å². The molecule has 1 heterocycles. The average Bonchev–Trinajstić information content (AvgIpc) is 2.47. The van der Waals surface area contributed by atoms with Gasteiger partial charge in [0.1, 0.15) is 0 Å². The first kappa shape index (κ1) is 13.0. The second kappa shape index (κ2) is 5.91. The Bertz CT molecular complexity index is 593. The van der Waals surface area contributed by atoms with Crippen LogP contribution < -0.4 is 0 Å². The third kappa shape index (κ3) is 2.85. The fraction of sp³-hybridized carbons (Fsp3) is 0.133. The van der Waals surface area contributed by atoms with Crippen LogP contribution in [0.25, 0.3) is 0 Å². The molecule has 0 amide bonds. The fourth-order valence-electron chi connectivity index (χ4n) is 1.70. The minimum absolute atomic E-state index is 0.0539. The van der Waals surface area contributed by atoms with Gasteiger partial charge in [0.2, 0.25) is 0 Å². The van der Waals surface area contributed by atoms with E-state index in [0.29, 0.717) is 5.56 Å². The first-order valence-corrected chi connectivity index (χ1v) is 5.96. The maximum atomic E-state index is 12.3. The van der Waals surface area contributed by atoms with Crippen molar-refractivity contribution in [1.29, 1.82) is 0 Å². The lowest BCUT2D eigenvalue weighted by Crippen LogP contribution is -2.14. The molecule has 0 N–H and O–H groups in total. The maximum absolute atomic E-state index is 12.3. The number of aromatic nitrogens is 1. The highest BCUT2D eigenvalue weighted by molar-refractivity contribution is 6.13. The number of hydrogen-bond acceptors (Lipinski definition) is 4. The van der Waals surface area contributed by atoms with Crippen molar-refractivity contribution < 1.29 is 14.3 Å². The summed E-state index contributed by atoms with van der Waals surface area (Å²) in [5, 5.41) is 0. The van der Waals surface area contributed by atoms with Crippen molar-refractivity contribution in [3.05, 3.63) is 65.5 Å². The molecule has 0 aliphatic heterocycles. The molecule has 0 atom stereocenters. The molecule has 0 aliphatic carbocycles. The zero-order valence-corrected chi connectivity index (χ0v) is 10.5. The first-order chi connectivity index (χ1) is 9.24. The van der Waals surface area contributed by atoms with Gasteiger partial charge in [-0.1, -0.05) is 30.3 Å². The lowest BCUT2D eigenvalue weighted by Gasteiger charge is -2.06. The van der Waals surface area contributed by atoms with Gasteiger partial charge in [0.05, 0.1) is 12.2 Å². The Morgan fingerprint density at radius 2 is 1.84 bits per heavy atom. The third-order valence-electron chi connectivity index (χ3n) is 2.56. The van der Waals surface area contributed by atoms with Crippen LogP contribution in [0.2, 0.25) is 0 Å². The SMILES string of the molecule is CCOC(=O)c1ncccc1C(=O)c1ccccc1. The summed E-state index contributed by atoms with van der Waals surface area (Å²) in [6.07, 6.45) is 1.47. The Labute approximate surface area is 111 Å². The Balaban J connectivity index is 2.40. The number of nitrogens with zero attached hydrogens (tertiary/aromatic N) is 1. The van der Waals surface area contributed by atoms with E-state index in [-0.39, 0.29) is 23.6 Å². The van der Waals surface area contributed by atoms with Crippen molar-refractivity contribution in [2.75, 3.05) is 6.61 Å². The van der Waals surface area contributed by atoms with Crippen LogP contribution in [0.15, 0.2) is 48.7 Å². The minimum Gasteiger partial charge on any atom is -0.461 e. The Hall–Kier alpha value is -2.49. The van der Waals surface area contributed by atoms with E-state index in [1.807, 2.05) is 6.07 Å². The van der Waals surface area contributed by atoms with Gasteiger partial charge in [-0.25, -0.2) is 9.78 Å². The summed E-state index contributed by atoms with van der Waals surface area (Å²) in [6.45, 7) is 1.95. The van der Waals surface area contributed by atoms with Gasteiger partial charge in [-0.15, -0.1) is 0 Å². The number of pyridine rings is 1. The lowest BCUT2D eigenvalue weighted by atomic mass is 10.0. The van der Waals surface area contributed by atoms with E-state index in [2.05, 4.69) is 4.98 Å². The van der Waals surface area contributed by atoms with E-state index >= 15 is 0 Å². The minimum atomic E-state index is -0.581. The summed E-state index contributed by atoms with van der Waals surface area (Å²) < 4.78 is 4.90. The number of rotatable bonds is 4. The van der Waals surface area contributed by atoms with Crippen molar-refractivity contribution in [1.82, 2.24) is 4.98 Å². The van der Waals surface area contributed by atoms with E-state index in [1.54, 1.807) is 43.3 Å². The smallest absolute Gasteiger partial charge is 0.357 e. The van der Waals surface area contributed by atoms with Crippen molar-refractivity contribution in [2.45, 2.75) is 6.92 Å². The number of hydrogen-bond donors (Lipinski definition) is 0. The average molecular weight is 255 g/mol. The van der Waals surface area contributed by atoms with Crippen molar-refractivity contribution in [2.24, 2.45) is 0 Å². The van der Waals surface area contributed by atoms with Gasteiger partial charge in [0, 0.05) is 11.8 Å². The van der Waals surface area contributed by atoms with Gasteiger partial charge >= 0.3 is 5.97 Å². The number of ether oxygens (including phenoxy) is 1. The molecular formula is C15H13NO3. The molecule has 0 saturated heterocycles. The number of carbonyl (C=O) groups excluding carboxylic acids is 2. The summed E-state index contributed by atoms with van der Waals surface area (Å²) >= 11 is 0. The predicted molar refractivity (Wildman–Crippen MR) is 70.1 cm³/mol. The van der Waals surface area contributed by atoms with E-state index in [9.17, 15) is 9.59 Å². The molecule has 0 bridgehead atoms. The number of esters is 1. The standard InChI is InChI=1S/C15H13NO3/c1-2-19-15(18)13-12(9-6-10-16-13)14(17)11-7-4-3-5-8-11/h3-10H,2H2,1H3. The molecule has 96 valence electrons. The third-order valence-corrected chi connectivity index (χ3v) is 2.56. The second-order valence-corrected chi connectivity index (χ2v) is 3.82. The molecule has 0 unspecified atom stereocenters. The van der Waals surface area contributed by atoms with Crippen molar-refractivity contribution in [3.8, 4) is 0 Å². The van der Waals surface area contributed by atoms with Crippen LogP contribution >= 0.6 is 0 Å². The molecular weight excluding hydrogens is 242 g/mol. The molecule has 2 aromatic rings. The van der Waals surface area contributed by atoms with Gasteiger partial charge < -0.3 is 4.74 Å². The molecule has 2 rings (SSSR count). The van der Waals surface area contributed by atoms with Crippen LogP contribution in [0.5, 0.6) is 0 Å². The Morgan fingerprint density at radius 1 is 1.11 bits per heavy atom. The highest BCUT2D eigenvalue weighted by Gasteiger charge is 2.19. The lowest BCUT2D eigenvalue weighted by molar-refractivity contribution is 0.0516. The number of carbonyl (C=O) groups is 2. The molecule has 0 saturated carbocycles. The summed E-state index contributed by atoms with van der Waals surface area (Å²) in [7, 11) is 0. The summed E-state index contributed by atoms with van der Waals surface area (Å²) in [6, 6.07) is 12.0. The Morgan fingerprint density at radius 3 is 2.53 bits per heavy atom. The monoisotopic (exact) mass is 255 g/mol. The molecule has 1 aromatic carbocycles. The largest absolute Gasteiger partial charge is 0.461 e. The normalized spacial score (nSPS) is 9.95. The summed E-state index contributed by atoms with van der Waals surface area (Å²) in [5.41, 5.74) is 0.825. The molecule has 4 heteroatoms. The van der Waals surface area contributed by atoms with E-state index in [1.165, 1.54) is 6.20 Å². The van der Waals surface area contributed by atoms with Crippen LogP contribution in [0.4, 0.5) is 0 Å². The van der Waals surface area contributed by atoms with Crippen LogP contribution in [0, 0.1) is 0 Å². The number of benzene rings is 1. The molecule has 4 nitrogen and oxygen atoms in total. The zero-order chi connectivity index (χ0) is 13.7. The van der Waals surface area contributed by atoms with Crippen molar-refractivity contribution in [3.63, 3.8) is 0 Å². The second-order valence-electron chi connectivity index (χ2n) is 3.82. The quantitative estimate of drug-likeness (QED) is 0.622. The highest BCUT2D eigenvalue weighted by Crippen LogP contribution is 2.13. The molecule has 1 aromatic heterocycles. The predicted octanol–water partition coefficient (Wildman–Crippen LogP) is 2.49. The van der Waals surface area contributed by atoms with Crippen LogP contribution in [0.1, 0.15) is 33.3 Å². The Kier molecular flexibility index (Phi) is 4.03. The van der Waals surface area contributed by atoms with Gasteiger partial charge in [-0.05, 0) is 19.1 Å². The molecule has 0 spiro atoms. The topological polar surface area (TPSA) is 56.3 Å². The van der Waals surface area contributed by atoms with Crippen LogP contribution in [0.3, 0.4) is 0 Å². The molecule has 0 aliphatic rings. The number of ketones is 1. The maximum Gasteiger partial charge on any atom is 0.357 e. The van der Waals surface area contributed by atoms with Crippen molar-refractivity contribution >= 4 is 11.8 Å². The van der Waals surface area contributed by atoms with Crippen LogP contribution in [-0.4, -0.2) is 23.3 Å². The van der Waals surface area contributed by atoms with Crippen LogP contribution in [-0.2, 0) is 4.74 Å². The first-order valence-electron chi connectivity index (χ1n) is 5.96. The van der Waals surface area contributed by atoms with Gasteiger partial charge in [-0.2, -0.15) is 0 Å². The molecule has 0 radical (unpaired) electrons. The van der Waals surface area contributed by atoms with E-state index in [0.717, 1.165) is 0 Å². The van der Waals surface area contributed by atoms with E-state index < -0.39 is 5.97 Å². The molecule has 0 fully saturated rings.